The second-order valence-corrected chi connectivity index (χ2v) is 42.4. The Labute approximate surface area is 770 Å². The number of sulfone groups is 3. The molecule has 3 saturated carbocycles. The van der Waals surface area contributed by atoms with Crippen molar-refractivity contribution in [1.82, 2.24) is 44.9 Å². The first-order valence-corrected chi connectivity index (χ1v) is 48.2. The number of alkyl halides is 9. The summed E-state index contributed by atoms with van der Waals surface area (Å²) in [6, 6.07) is 22.2. The normalized spacial score (nSPS) is 21.0. The number of amides is 5. The van der Waals surface area contributed by atoms with Crippen molar-refractivity contribution in [3.8, 4) is 0 Å². The number of carboxylic acids is 1. The van der Waals surface area contributed by atoms with Crippen LogP contribution in [0.15, 0.2) is 142 Å². The van der Waals surface area contributed by atoms with E-state index in [0.717, 1.165) is 37.9 Å². The number of fused-ring (bicyclic) bond motifs is 3. The average Bonchev–Trinajstić information content (AvgIpc) is 1.73. The van der Waals surface area contributed by atoms with E-state index in [4.69, 9.17) is 29.2 Å². The average molecular weight is 1940 g/mol. The number of carboxylic acid groups (broad SMARTS) is 1. The number of carbonyl (C=O) groups is 8. The highest BCUT2D eigenvalue weighted by Crippen LogP contribution is 2.52. The van der Waals surface area contributed by atoms with Gasteiger partial charge in [-0.3, -0.25) is 33.9 Å². The monoisotopic (exact) mass is 1940 g/mol. The zero-order valence-electron chi connectivity index (χ0n) is 74.4. The fraction of sp³-hybridized carbons (Fsp3) is 0.451. The number of hydrogen-bond acceptors (Lipinski definition) is 20. The zero-order chi connectivity index (χ0) is 99.1. The number of anilines is 3. The molecule has 3 aliphatic heterocycles. The second kappa shape index (κ2) is 38.5. The van der Waals surface area contributed by atoms with E-state index in [1.165, 1.54) is 116 Å². The lowest BCUT2D eigenvalue weighted by molar-refractivity contribution is -0.149. The molecule has 0 radical (unpaired) electrons. The molecule has 6 aliphatic rings. The van der Waals surface area contributed by atoms with Gasteiger partial charge in [0, 0.05) is 135 Å². The summed E-state index contributed by atoms with van der Waals surface area (Å²) in [5.41, 5.74) is -2.90. The molecule has 718 valence electrons. The van der Waals surface area contributed by atoms with E-state index in [9.17, 15) is 108 Å². The number of aromatic amines is 1. The van der Waals surface area contributed by atoms with E-state index >= 15 is 0 Å². The van der Waals surface area contributed by atoms with Crippen LogP contribution in [0.25, 0.3) is 47.2 Å². The molecule has 0 unspecified atom stereocenters. The first-order valence-electron chi connectivity index (χ1n) is 42.5. The third-order valence-electron chi connectivity index (χ3n) is 24.5. The van der Waals surface area contributed by atoms with Crippen LogP contribution < -0.4 is 21.3 Å². The summed E-state index contributed by atoms with van der Waals surface area (Å²) in [6.45, 7) is 32.3. The van der Waals surface area contributed by atoms with Gasteiger partial charge in [0.15, 0.2) is 29.5 Å². The second-order valence-electron chi connectivity index (χ2n) is 36.4. The van der Waals surface area contributed by atoms with E-state index in [2.05, 4.69) is 56.2 Å². The Kier molecular flexibility index (Phi) is 28.8. The Morgan fingerprint density at radius 3 is 1.09 bits per heavy atom. The van der Waals surface area contributed by atoms with Crippen LogP contribution in [0.5, 0.6) is 0 Å². The van der Waals surface area contributed by atoms with Crippen molar-refractivity contribution in [2.24, 2.45) is 0 Å². The standard InChI is InChI=1S/C32H34F3N5O6S.C27H26F3N5O4S.C18H20FN5O3.C14H16F2O4S/c1-30(2,3)46-29(43)40-24-11-10-23(26(36-4)22(24)17-37-40)38-27(41)25-16-20(33)18-39(25)28(42)31(12-14-32(34,35)15-13-31)19-6-8-21(9-7-19)47(5,44)45;1-31-23-19-14-32-34-20(19)7-8-21(23)33-24(36)22-13-17(28)15-35(22)25(37)26(9-11-27(29,30)12-10-26)16-3-5-18(6-4-16)40(2,38)39;1-18(2,3)27-17(26)24-14-6-5-12(15(20-4)11(14)9-22-24)23-16(25)13-7-10(19)8-21-13;1-21(19,20)11-4-2-10(3-5-11)13(12(17)18)6-8-14(15,16)9-7-13/h6-11,17,20,25H,12-16,18H2,1-3,5H3,(H,38,41);3-8,14,17,22H,9-13,15H2,2H3,(H,32,34)(H,33,36);5-6,9-10,13,21H,7-8H2,1-3H3,(H,23,25);2-5H,6-9H2,1H3,(H,17,18)/t20-,25-;17-,22-;10-,13-;/m111./s1. The van der Waals surface area contributed by atoms with Crippen molar-refractivity contribution in [3.05, 3.63) is 179 Å². The highest BCUT2D eigenvalue weighted by atomic mass is 32.2. The lowest BCUT2D eigenvalue weighted by Crippen LogP contribution is -2.54. The Bertz CT molecular complexity index is 6610. The number of nitrogens with one attached hydrogen (secondary N) is 5. The molecule has 6 atom stereocenters. The maximum absolute atomic E-state index is 15.0. The van der Waals surface area contributed by atoms with Gasteiger partial charge in [0.2, 0.25) is 64.4 Å². The summed E-state index contributed by atoms with van der Waals surface area (Å²) in [5, 5.41) is 36.0. The minimum absolute atomic E-state index is 0.00689. The van der Waals surface area contributed by atoms with Crippen LogP contribution >= 0.6 is 0 Å². The topological polar surface area (TPSA) is 410 Å². The molecule has 6 fully saturated rings. The lowest BCUT2D eigenvalue weighted by atomic mass is 9.67. The summed E-state index contributed by atoms with van der Waals surface area (Å²) in [5.74, 6) is -13.2. The molecule has 44 heteroatoms. The first kappa shape index (κ1) is 101. The van der Waals surface area contributed by atoms with Gasteiger partial charge < -0.3 is 45.6 Å². The number of carbonyl (C=O) groups excluding carboxylic acids is 7. The molecule has 6 heterocycles. The number of aromatic nitrogens is 6. The molecule has 5 amide bonds. The third-order valence-corrected chi connectivity index (χ3v) is 27.9. The van der Waals surface area contributed by atoms with Gasteiger partial charge in [0.1, 0.15) is 41.8 Å². The van der Waals surface area contributed by atoms with Gasteiger partial charge in [-0.2, -0.15) is 24.7 Å². The van der Waals surface area contributed by atoms with Crippen molar-refractivity contribution in [3.63, 3.8) is 0 Å². The van der Waals surface area contributed by atoms with Crippen molar-refractivity contribution in [2.45, 2.75) is 234 Å². The van der Waals surface area contributed by atoms with Crippen LogP contribution in [0.3, 0.4) is 0 Å². The number of H-pyrrole nitrogens is 1. The highest BCUT2D eigenvalue weighted by Gasteiger charge is 2.57. The van der Waals surface area contributed by atoms with Crippen LogP contribution in [-0.4, -0.2) is 222 Å². The van der Waals surface area contributed by atoms with Crippen LogP contribution in [0.2, 0.25) is 0 Å². The number of benzene rings is 6. The molecule has 15 rings (SSSR count). The molecule has 3 aliphatic carbocycles. The first-order chi connectivity index (χ1) is 63.0. The molecular weight excluding hydrogens is 1840 g/mol. The number of likely N-dealkylation sites (tertiary alicyclic amines) is 2. The summed E-state index contributed by atoms with van der Waals surface area (Å²) in [6.07, 6.45) is -3.73. The van der Waals surface area contributed by atoms with Crippen LogP contribution in [0.1, 0.15) is 155 Å². The fourth-order valence-electron chi connectivity index (χ4n) is 17.4. The number of ether oxygens (including phenoxy) is 2. The predicted octanol–water partition coefficient (Wildman–Crippen LogP) is 16.0. The highest BCUT2D eigenvalue weighted by molar-refractivity contribution is 7.91. The molecule has 0 bridgehead atoms. The Morgan fingerprint density at radius 1 is 0.444 bits per heavy atom. The Balaban J connectivity index is 0.000000169. The number of nitrogens with zero attached hydrogens (tertiary/aromatic N) is 10. The summed E-state index contributed by atoms with van der Waals surface area (Å²) in [7, 11) is -10.5. The maximum Gasteiger partial charge on any atom is 0.435 e. The number of halogens is 9. The van der Waals surface area contributed by atoms with E-state index in [0.29, 0.717) is 38.5 Å². The van der Waals surface area contributed by atoms with Gasteiger partial charge in [-0.05, 0) is 170 Å². The maximum atomic E-state index is 15.0. The number of rotatable bonds is 15. The minimum atomic E-state index is -3.58. The van der Waals surface area contributed by atoms with Crippen molar-refractivity contribution in [1.29, 1.82) is 0 Å². The summed E-state index contributed by atoms with van der Waals surface area (Å²) < 4.78 is 210. The predicted molar refractivity (Wildman–Crippen MR) is 476 cm³/mol. The SMILES string of the molecule is CS(=O)(=O)c1ccc(C2(C(=O)O)CCC(F)(F)CC2)cc1.[C-]#[N+]c1c(NC(=O)[C@H]2C[C@@H](F)CN2)ccc2c1cnn2C(=O)OC(C)(C)C.[C-]#[N+]c1c(NC(=O)[C@H]2C[C@@H](F)CN2C(=O)C2(c3ccc(S(C)(=O)=O)cc3)CCC(F)(F)CC2)ccc2[nH]ncc12.[C-]#[N+]c1c(NC(=O)[C@H]2C[C@@H](F)CN2C(=O)C2(c3ccc(S(C)(=O)=O)cc3)CCC(F)(F)CC2)ccc2c1cnn2C(=O)OC(C)(C)C. The lowest BCUT2D eigenvalue weighted by Gasteiger charge is -2.42. The summed E-state index contributed by atoms with van der Waals surface area (Å²) >= 11 is 0. The third kappa shape index (κ3) is 22.4. The molecular formula is C91H96F9N15O17S3. The molecule has 6 aromatic carbocycles. The van der Waals surface area contributed by atoms with Gasteiger partial charge in [-0.25, -0.2) is 88.9 Å². The molecule has 32 nitrogen and oxygen atoms in total. The van der Waals surface area contributed by atoms with Crippen molar-refractivity contribution < 1.29 is 118 Å². The molecule has 135 heavy (non-hydrogen) atoms. The van der Waals surface area contributed by atoms with E-state index in [-0.39, 0.29) is 124 Å². The molecule has 3 aromatic heterocycles. The quantitative estimate of drug-likeness (QED) is 0.0410. The van der Waals surface area contributed by atoms with E-state index < -0.39 is 211 Å². The molecule has 9 aromatic rings. The van der Waals surface area contributed by atoms with Gasteiger partial charge >= 0.3 is 18.2 Å². The fourth-order valence-corrected chi connectivity index (χ4v) is 19.3. The molecule has 0 spiro atoms. The van der Waals surface area contributed by atoms with Crippen LogP contribution in [0.4, 0.5) is 83.2 Å². The zero-order valence-corrected chi connectivity index (χ0v) is 76.8. The smallest absolute Gasteiger partial charge is 0.435 e. The van der Waals surface area contributed by atoms with E-state index in [1.807, 2.05) is 0 Å². The van der Waals surface area contributed by atoms with E-state index in [1.54, 1.807) is 53.7 Å². The van der Waals surface area contributed by atoms with Gasteiger partial charge in [0.05, 0.1) is 86.3 Å². The minimum Gasteiger partial charge on any atom is -0.481 e. The molecule has 3 saturated heterocycles. The summed E-state index contributed by atoms with van der Waals surface area (Å²) in [4.78, 5) is 117. The van der Waals surface area contributed by atoms with Gasteiger partial charge in [-0.15, -0.1) is 0 Å². The Hall–Kier alpha value is -12.9. The molecule has 6 N–H and O–H groups in total. The van der Waals surface area contributed by atoms with Crippen molar-refractivity contribution in [2.75, 3.05) is 54.4 Å². The van der Waals surface area contributed by atoms with Crippen LogP contribution in [-0.2, 0) is 84.0 Å². The Morgan fingerprint density at radius 2 is 0.770 bits per heavy atom. The number of aliphatic carboxylic acids is 1. The van der Waals surface area contributed by atoms with Crippen molar-refractivity contribution >= 4 is 144 Å². The van der Waals surface area contributed by atoms with Crippen LogP contribution in [0, 0.1) is 19.7 Å². The van der Waals surface area contributed by atoms with Gasteiger partial charge in [-0.1, -0.05) is 36.4 Å². The number of hydrogen-bond donors (Lipinski definition) is 6. The largest absolute Gasteiger partial charge is 0.481 e. The van der Waals surface area contributed by atoms with Gasteiger partial charge in [0.25, 0.3) is 0 Å².